The molecule has 2 aromatic heterocycles. The Morgan fingerprint density at radius 3 is 2.78 bits per heavy atom. The number of rotatable bonds is 5. The lowest BCUT2D eigenvalue weighted by atomic mass is 10.3. The Morgan fingerprint density at radius 1 is 1.22 bits per heavy atom. The van der Waals surface area contributed by atoms with Crippen LogP contribution >= 0.6 is 22.6 Å². The van der Waals surface area contributed by atoms with Gasteiger partial charge >= 0.3 is 5.97 Å². The van der Waals surface area contributed by atoms with Crippen molar-refractivity contribution in [1.29, 1.82) is 0 Å². The second kappa shape index (κ2) is 7.28. The third-order valence-corrected chi connectivity index (χ3v) is 3.58. The topological polar surface area (TPSA) is 57.3 Å². The minimum Gasteiger partial charge on any atom is -0.456 e. The van der Waals surface area contributed by atoms with E-state index in [9.17, 15) is 4.79 Å². The zero-order valence-corrected chi connectivity index (χ0v) is 14.2. The quantitative estimate of drug-likeness (QED) is 0.358. The Labute approximate surface area is 146 Å². The lowest BCUT2D eigenvalue weighted by Gasteiger charge is -2.00. The summed E-state index contributed by atoms with van der Waals surface area (Å²) >= 11 is 2.06. The van der Waals surface area contributed by atoms with E-state index in [4.69, 9.17) is 9.15 Å². The second-order valence-electron chi connectivity index (χ2n) is 4.67. The maximum atomic E-state index is 11.7. The Hall–Kier alpha value is -2.35. The molecule has 0 radical (unpaired) electrons. The van der Waals surface area contributed by atoms with Gasteiger partial charge in [-0.15, -0.1) is 0 Å². The number of aromatic nitrogens is 2. The molecule has 3 rings (SSSR count). The zero-order chi connectivity index (χ0) is 16.1. The summed E-state index contributed by atoms with van der Waals surface area (Å²) in [6.45, 7) is 0.124. The highest BCUT2D eigenvalue weighted by Gasteiger charge is 2.04. The molecule has 3 aromatic rings. The average Bonchev–Trinajstić information content (AvgIpc) is 3.21. The number of hydrogen-bond donors (Lipinski definition) is 0. The highest BCUT2D eigenvalue weighted by atomic mass is 127. The van der Waals surface area contributed by atoms with E-state index in [2.05, 4.69) is 27.7 Å². The summed E-state index contributed by atoms with van der Waals surface area (Å²) in [5, 5.41) is 4.37. The Balaban J connectivity index is 1.55. The van der Waals surface area contributed by atoms with Gasteiger partial charge in [0.2, 0.25) is 0 Å². The number of esters is 1. The van der Waals surface area contributed by atoms with Crippen molar-refractivity contribution in [2.75, 3.05) is 0 Å². The van der Waals surface area contributed by atoms with E-state index in [1.165, 1.54) is 6.08 Å². The van der Waals surface area contributed by atoms with Gasteiger partial charge in [0.25, 0.3) is 0 Å². The Morgan fingerprint density at radius 2 is 2.04 bits per heavy atom. The summed E-state index contributed by atoms with van der Waals surface area (Å²) in [5.41, 5.74) is 1.64. The zero-order valence-electron chi connectivity index (χ0n) is 12.1. The number of carbonyl (C=O) groups excluding carboxylic acids is 1. The fourth-order valence-electron chi connectivity index (χ4n) is 1.92. The average molecular weight is 420 g/mol. The molecule has 0 fully saturated rings. The first kappa shape index (κ1) is 15.5. The van der Waals surface area contributed by atoms with E-state index in [0.29, 0.717) is 11.5 Å². The molecule has 23 heavy (non-hydrogen) atoms. The summed E-state index contributed by atoms with van der Waals surface area (Å²) < 4.78 is 13.0. The molecular formula is C17H13IN2O3. The molecule has 0 unspecified atom stereocenters. The molecule has 0 amide bonds. The van der Waals surface area contributed by atoms with Crippen molar-refractivity contribution < 1.29 is 13.9 Å². The molecule has 0 aliphatic carbocycles. The minimum absolute atomic E-state index is 0.124. The van der Waals surface area contributed by atoms with Gasteiger partial charge in [-0.1, -0.05) is 18.2 Å². The molecule has 5 nitrogen and oxygen atoms in total. The number of furan rings is 1. The van der Waals surface area contributed by atoms with Crippen LogP contribution in [0.25, 0.3) is 11.8 Å². The monoisotopic (exact) mass is 420 g/mol. The Kier molecular flexibility index (Phi) is 4.92. The summed E-state index contributed by atoms with van der Waals surface area (Å²) in [5.74, 6) is 0.172. The fraction of sp³-hybridized carbons (Fsp3) is 0.0588. The number of hydrogen-bond acceptors (Lipinski definition) is 4. The van der Waals surface area contributed by atoms with Gasteiger partial charge in [-0.05, 0) is 59.0 Å². The van der Waals surface area contributed by atoms with Crippen molar-refractivity contribution in [2.45, 2.75) is 6.61 Å². The largest absolute Gasteiger partial charge is 0.456 e. The number of benzene rings is 1. The van der Waals surface area contributed by atoms with E-state index in [1.54, 1.807) is 16.8 Å². The summed E-state index contributed by atoms with van der Waals surface area (Å²) in [6.07, 6.45) is 4.75. The minimum atomic E-state index is -0.439. The number of halogens is 1. The van der Waals surface area contributed by atoms with E-state index in [-0.39, 0.29) is 6.61 Å². The molecule has 0 aliphatic heterocycles. The summed E-state index contributed by atoms with van der Waals surface area (Å²) in [7, 11) is 0. The molecule has 0 aliphatic rings. The second-order valence-corrected chi connectivity index (χ2v) is 5.73. The first-order chi connectivity index (χ1) is 11.2. The van der Waals surface area contributed by atoms with E-state index < -0.39 is 5.97 Å². The predicted octanol–water partition coefficient (Wildman–Crippen LogP) is 3.83. The maximum Gasteiger partial charge on any atom is 0.331 e. The first-order valence-corrected chi connectivity index (χ1v) is 7.99. The number of nitrogens with zero attached hydrogens (tertiary/aromatic N) is 2. The van der Waals surface area contributed by atoms with Gasteiger partial charge in [0.05, 0.1) is 5.69 Å². The van der Waals surface area contributed by atoms with Crippen molar-refractivity contribution in [3.63, 3.8) is 0 Å². The van der Waals surface area contributed by atoms with Crippen molar-refractivity contribution in [3.05, 3.63) is 76.0 Å². The van der Waals surface area contributed by atoms with Crippen LogP contribution in [0.4, 0.5) is 0 Å². The van der Waals surface area contributed by atoms with Crippen molar-refractivity contribution in [1.82, 2.24) is 9.78 Å². The van der Waals surface area contributed by atoms with Gasteiger partial charge in [-0.3, -0.25) is 0 Å². The summed E-state index contributed by atoms with van der Waals surface area (Å²) in [6, 6.07) is 15.2. The number of para-hydroxylation sites is 1. The van der Waals surface area contributed by atoms with Gasteiger partial charge in [-0.2, -0.15) is 5.10 Å². The van der Waals surface area contributed by atoms with E-state index in [1.807, 2.05) is 48.7 Å². The fourth-order valence-corrected chi connectivity index (χ4v) is 2.36. The molecule has 0 saturated heterocycles. The molecule has 6 heteroatoms. The lowest BCUT2D eigenvalue weighted by molar-refractivity contribution is -0.139. The van der Waals surface area contributed by atoms with Crippen LogP contribution in [-0.2, 0) is 16.1 Å². The standard InChI is InChI=1S/C17H13IN2O3/c18-16-8-6-15(23-16)7-9-17(21)22-12-13-10-11-20(19-13)14-4-2-1-3-5-14/h1-11H,12H2/b9-7+. The molecular weight excluding hydrogens is 407 g/mol. The molecule has 1 aromatic carbocycles. The molecule has 0 atom stereocenters. The van der Waals surface area contributed by atoms with Crippen LogP contribution < -0.4 is 0 Å². The highest BCUT2D eigenvalue weighted by molar-refractivity contribution is 14.1. The van der Waals surface area contributed by atoms with Gasteiger partial charge in [0.15, 0.2) is 3.77 Å². The van der Waals surface area contributed by atoms with Crippen LogP contribution in [0.15, 0.2) is 65.2 Å². The van der Waals surface area contributed by atoms with E-state index >= 15 is 0 Å². The summed E-state index contributed by atoms with van der Waals surface area (Å²) in [4.78, 5) is 11.7. The van der Waals surface area contributed by atoms with Crippen molar-refractivity contribution >= 4 is 34.6 Å². The van der Waals surface area contributed by atoms with Crippen LogP contribution in [0, 0.1) is 3.77 Å². The van der Waals surface area contributed by atoms with Crippen LogP contribution in [-0.4, -0.2) is 15.7 Å². The van der Waals surface area contributed by atoms with Gasteiger partial charge in [0.1, 0.15) is 18.1 Å². The number of ether oxygens (including phenoxy) is 1. The molecule has 0 N–H and O–H groups in total. The Bertz CT molecular complexity index is 821. The van der Waals surface area contributed by atoms with Crippen LogP contribution in [0.3, 0.4) is 0 Å². The van der Waals surface area contributed by atoms with Gasteiger partial charge < -0.3 is 9.15 Å². The van der Waals surface area contributed by atoms with Crippen LogP contribution in [0.2, 0.25) is 0 Å². The first-order valence-electron chi connectivity index (χ1n) is 6.91. The third kappa shape index (κ3) is 4.32. The normalized spacial score (nSPS) is 11.0. The molecule has 0 bridgehead atoms. The molecule has 0 saturated carbocycles. The predicted molar refractivity (Wildman–Crippen MR) is 93.8 cm³/mol. The van der Waals surface area contributed by atoms with Gasteiger partial charge in [-0.25, -0.2) is 9.48 Å². The molecule has 116 valence electrons. The highest BCUT2D eigenvalue weighted by Crippen LogP contribution is 2.12. The van der Waals surface area contributed by atoms with Crippen molar-refractivity contribution in [2.24, 2.45) is 0 Å². The van der Waals surface area contributed by atoms with E-state index in [0.717, 1.165) is 9.45 Å². The third-order valence-electron chi connectivity index (χ3n) is 3.01. The SMILES string of the molecule is O=C(/C=C/c1ccc(I)o1)OCc1ccn(-c2ccccc2)n1. The molecule has 0 spiro atoms. The lowest BCUT2D eigenvalue weighted by Crippen LogP contribution is -2.02. The maximum absolute atomic E-state index is 11.7. The van der Waals surface area contributed by atoms with Crippen LogP contribution in [0.1, 0.15) is 11.5 Å². The van der Waals surface area contributed by atoms with Crippen LogP contribution in [0.5, 0.6) is 0 Å². The molecule has 2 heterocycles. The van der Waals surface area contributed by atoms with Crippen molar-refractivity contribution in [3.8, 4) is 5.69 Å². The smallest absolute Gasteiger partial charge is 0.331 e. The number of carbonyl (C=O) groups is 1. The van der Waals surface area contributed by atoms with Gasteiger partial charge in [0, 0.05) is 12.3 Å².